The Bertz CT molecular complexity index is 1030. The molecule has 2 aromatic carbocycles. The Hall–Kier alpha value is -3.39. The maximum absolute atomic E-state index is 13.0. The van der Waals surface area contributed by atoms with Crippen LogP contribution in [0.4, 0.5) is 4.79 Å². The topological polar surface area (TPSA) is 105 Å². The maximum atomic E-state index is 13.0. The van der Waals surface area contributed by atoms with Crippen molar-refractivity contribution >= 4 is 18.0 Å². The summed E-state index contributed by atoms with van der Waals surface area (Å²) in [5.41, 5.74) is 4.61. The first-order valence-electron chi connectivity index (χ1n) is 12.1. The Kier molecular flexibility index (Phi) is 8.02. The number of likely N-dealkylation sites (tertiary alicyclic amines) is 1. The van der Waals surface area contributed by atoms with Crippen LogP contribution in [0.3, 0.4) is 0 Å². The van der Waals surface area contributed by atoms with Gasteiger partial charge in [-0.3, -0.25) is 9.59 Å². The minimum atomic E-state index is -0.916. The molecular formula is C27H32N2O6. The summed E-state index contributed by atoms with van der Waals surface area (Å²) in [5.74, 6) is -1.17. The molecule has 2 amide bonds. The average molecular weight is 481 g/mol. The lowest BCUT2D eigenvalue weighted by molar-refractivity contribution is -0.148. The number of amides is 2. The summed E-state index contributed by atoms with van der Waals surface area (Å²) in [5, 5.41) is 11.9. The van der Waals surface area contributed by atoms with E-state index in [1.54, 1.807) is 4.90 Å². The van der Waals surface area contributed by atoms with Gasteiger partial charge in [0.25, 0.3) is 5.91 Å². The van der Waals surface area contributed by atoms with Crippen LogP contribution in [0.2, 0.25) is 0 Å². The molecule has 0 saturated carbocycles. The zero-order chi connectivity index (χ0) is 24.8. The number of hydrogen-bond acceptors (Lipinski definition) is 5. The fourth-order valence-corrected chi connectivity index (χ4v) is 5.19. The van der Waals surface area contributed by atoms with Gasteiger partial charge in [0.2, 0.25) is 0 Å². The second-order valence-corrected chi connectivity index (χ2v) is 9.04. The van der Waals surface area contributed by atoms with E-state index in [2.05, 4.69) is 29.6 Å². The SMILES string of the molecule is COC(CCNC(=O)OCC1c2ccccc2-c2ccccc21)C(=O)N1CCCC[C@@H]1CC(=O)O. The summed E-state index contributed by atoms with van der Waals surface area (Å²) in [6.45, 7) is 0.950. The van der Waals surface area contributed by atoms with Gasteiger partial charge < -0.3 is 24.8 Å². The van der Waals surface area contributed by atoms with E-state index in [-0.39, 0.29) is 43.9 Å². The third-order valence-corrected chi connectivity index (χ3v) is 6.90. The van der Waals surface area contributed by atoms with Gasteiger partial charge in [-0.15, -0.1) is 0 Å². The zero-order valence-corrected chi connectivity index (χ0v) is 19.9. The molecule has 0 spiro atoms. The van der Waals surface area contributed by atoms with Crippen LogP contribution in [0.25, 0.3) is 11.1 Å². The van der Waals surface area contributed by atoms with E-state index in [1.807, 2.05) is 24.3 Å². The summed E-state index contributed by atoms with van der Waals surface area (Å²) in [6, 6.07) is 16.0. The third-order valence-electron chi connectivity index (χ3n) is 6.90. The van der Waals surface area contributed by atoms with Gasteiger partial charge in [0.1, 0.15) is 12.7 Å². The summed E-state index contributed by atoms with van der Waals surface area (Å²) in [6.07, 6.45) is 1.33. The van der Waals surface area contributed by atoms with E-state index in [9.17, 15) is 19.5 Å². The molecule has 1 aliphatic heterocycles. The van der Waals surface area contributed by atoms with Gasteiger partial charge in [-0.25, -0.2) is 4.79 Å². The predicted molar refractivity (Wildman–Crippen MR) is 130 cm³/mol. The molecule has 1 aliphatic carbocycles. The molecule has 2 N–H and O–H groups in total. The first-order chi connectivity index (χ1) is 17.0. The summed E-state index contributed by atoms with van der Waals surface area (Å²) in [7, 11) is 1.45. The summed E-state index contributed by atoms with van der Waals surface area (Å²) >= 11 is 0. The number of fused-ring (bicyclic) bond motifs is 3. The highest BCUT2D eigenvalue weighted by atomic mass is 16.5. The molecule has 8 nitrogen and oxygen atoms in total. The normalized spacial score (nSPS) is 17.9. The van der Waals surface area contributed by atoms with E-state index in [0.29, 0.717) is 13.0 Å². The fourth-order valence-electron chi connectivity index (χ4n) is 5.19. The van der Waals surface area contributed by atoms with Crippen LogP contribution in [0.15, 0.2) is 48.5 Å². The summed E-state index contributed by atoms with van der Waals surface area (Å²) in [4.78, 5) is 38.2. The van der Waals surface area contributed by atoms with Crippen molar-refractivity contribution in [2.24, 2.45) is 0 Å². The molecule has 1 fully saturated rings. The number of methoxy groups -OCH3 is 1. The number of carboxylic acid groups (broad SMARTS) is 1. The second kappa shape index (κ2) is 11.4. The van der Waals surface area contributed by atoms with Crippen LogP contribution < -0.4 is 5.32 Å². The Labute approximate surface area is 205 Å². The van der Waals surface area contributed by atoms with Crippen molar-refractivity contribution in [1.29, 1.82) is 0 Å². The van der Waals surface area contributed by atoms with Gasteiger partial charge in [-0.05, 0) is 41.5 Å². The number of benzene rings is 2. The molecule has 0 radical (unpaired) electrons. The van der Waals surface area contributed by atoms with Crippen LogP contribution >= 0.6 is 0 Å². The maximum Gasteiger partial charge on any atom is 0.407 e. The molecule has 35 heavy (non-hydrogen) atoms. The number of carboxylic acids is 1. The number of aliphatic carboxylic acids is 1. The molecular weight excluding hydrogens is 448 g/mol. The van der Waals surface area contributed by atoms with Crippen molar-refractivity contribution in [3.05, 3.63) is 59.7 Å². The monoisotopic (exact) mass is 480 g/mol. The van der Waals surface area contributed by atoms with Crippen molar-refractivity contribution in [3.8, 4) is 11.1 Å². The Morgan fingerprint density at radius 3 is 2.34 bits per heavy atom. The van der Waals surface area contributed by atoms with Crippen molar-refractivity contribution in [3.63, 3.8) is 0 Å². The van der Waals surface area contributed by atoms with Crippen LogP contribution in [0.5, 0.6) is 0 Å². The largest absolute Gasteiger partial charge is 0.481 e. The molecule has 2 atom stereocenters. The molecule has 4 rings (SSSR count). The van der Waals surface area contributed by atoms with E-state index >= 15 is 0 Å². The van der Waals surface area contributed by atoms with Crippen LogP contribution in [0.1, 0.15) is 49.1 Å². The number of piperidine rings is 1. The molecule has 1 saturated heterocycles. The second-order valence-electron chi connectivity index (χ2n) is 9.04. The number of nitrogens with one attached hydrogen (secondary N) is 1. The number of nitrogens with zero attached hydrogens (tertiary/aromatic N) is 1. The van der Waals surface area contributed by atoms with Crippen molar-refractivity contribution in [1.82, 2.24) is 10.2 Å². The number of carbonyl (C=O) groups excluding carboxylic acids is 2. The minimum absolute atomic E-state index is 0.0216. The number of carbonyl (C=O) groups is 3. The molecule has 0 aromatic heterocycles. The molecule has 1 unspecified atom stereocenters. The highest BCUT2D eigenvalue weighted by molar-refractivity contribution is 5.82. The standard InChI is InChI=1S/C27H32N2O6/c1-34-24(26(32)29-15-7-6-8-18(29)16-25(30)31)13-14-28-27(33)35-17-23-21-11-4-2-9-19(21)20-10-3-5-12-22(20)23/h2-5,9-12,18,23-24H,6-8,13-17H2,1H3,(H,28,33)(H,30,31)/t18-,24?/m1/s1. The number of rotatable bonds is 9. The molecule has 8 heteroatoms. The van der Waals surface area contributed by atoms with Crippen molar-refractivity contribution in [2.75, 3.05) is 26.8 Å². The predicted octanol–water partition coefficient (Wildman–Crippen LogP) is 3.79. The molecule has 1 heterocycles. The molecule has 0 bridgehead atoms. The van der Waals surface area contributed by atoms with Crippen molar-refractivity contribution in [2.45, 2.75) is 50.2 Å². The lowest BCUT2D eigenvalue weighted by Crippen LogP contribution is -2.50. The molecule has 2 aromatic rings. The quantitative estimate of drug-likeness (QED) is 0.566. The average Bonchev–Trinajstić information content (AvgIpc) is 3.19. The van der Waals surface area contributed by atoms with Crippen LogP contribution in [-0.4, -0.2) is 66.9 Å². The smallest absolute Gasteiger partial charge is 0.407 e. The van der Waals surface area contributed by atoms with Gasteiger partial charge in [0.05, 0.1) is 6.42 Å². The first kappa shape index (κ1) is 24.7. The minimum Gasteiger partial charge on any atom is -0.481 e. The molecule has 2 aliphatic rings. The molecule has 186 valence electrons. The van der Waals surface area contributed by atoms with Crippen molar-refractivity contribution < 1.29 is 29.0 Å². The number of alkyl carbamates (subject to hydrolysis) is 1. The lowest BCUT2D eigenvalue weighted by Gasteiger charge is -2.36. The van der Waals surface area contributed by atoms with Crippen LogP contribution in [-0.2, 0) is 19.1 Å². The summed E-state index contributed by atoms with van der Waals surface area (Å²) < 4.78 is 10.9. The van der Waals surface area contributed by atoms with E-state index in [4.69, 9.17) is 9.47 Å². The van der Waals surface area contributed by atoms with Crippen LogP contribution in [0, 0.1) is 0 Å². The Morgan fingerprint density at radius 2 is 1.71 bits per heavy atom. The first-order valence-corrected chi connectivity index (χ1v) is 12.1. The zero-order valence-electron chi connectivity index (χ0n) is 19.9. The Morgan fingerprint density at radius 1 is 1.06 bits per heavy atom. The highest BCUT2D eigenvalue weighted by Crippen LogP contribution is 2.44. The third kappa shape index (κ3) is 5.65. The number of hydrogen-bond donors (Lipinski definition) is 2. The fraction of sp³-hybridized carbons (Fsp3) is 0.444. The van der Waals surface area contributed by atoms with E-state index < -0.39 is 18.2 Å². The number of ether oxygens (including phenoxy) is 2. The van der Waals surface area contributed by atoms with Gasteiger partial charge in [0.15, 0.2) is 0 Å². The van der Waals surface area contributed by atoms with E-state index in [1.165, 1.54) is 7.11 Å². The van der Waals surface area contributed by atoms with Gasteiger partial charge >= 0.3 is 12.1 Å². The Balaban J connectivity index is 1.28. The van der Waals surface area contributed by atoms with E-state index in [0.717, 1.165) is 35.1 Å². The lowest BCUT2D eigenvalue weighted by atomic mass is 9.98. The highest BCUT2D eigenvalue weighted by Gasteiger charge is 2.33. The van der Waals surface area contributed by atoms with Gasteiger partial charge in [0, 0.05) is 38.6 Å². The van der Waals surface area contributed by atoms with Gasteiger partial charge in [-0.1, -0.05) is 48.5 Å². The van der Waals surface area contributed by atoms with Gasteiger partial charge in [-0.2, -0.15) is 0 Å².